The number of anilines is 1. The highest BCUT2D eigenvalue weighted by molar-refractivity contribution is 5.56. The summed E-state index contributed by atoms with van der Waals surface area (Å²) in [4.78, 5) is 0. The van der Waals surface area contributed by atoms with Gasteiger partial charge in [-0.1, -0.05) is 23.8 Å². The molecule has 1 aromatic carbocycles. The molecule has 82 valence electrons. The summed E-state index contributed by atoms with van der Waals surface area (Å²) in [5.74, 6) is 0.898. The number of methoxy groups -OCH3 is 1. The van der Waals surface area contributed by atoms with Gasteiger partial charge in [0.2, 0.25) is 0 Å². The molecule has 0 saturated carbocycles. The summed E-state index contributed by atoms with van der Waals surface area (Å²) in [6, 6.07) is 7.97. The van der Waals surface area contributed by atoms with Crippen molar-refractivity contribution < 1.29 is 4.74 Å². The zero-order chi connectivity index (χ0) is 11.1. The minimum absolute atomic E-state index is 0.898. The molecule has 0 unspecified atom stereocenters. The molecule has 0 spiro atoms. The van der Waals surface area contributed by atoms with Crippen LogP contribution in [0.15, 0.2) is 35.9 Å². The molecule has 1 aromatic rings. The van der Waals surface area contributed by atoms with E-state index in [2.05, 4.69) is 25.2 Å². The highest BCUT2D eigenvalue weighted by Gasteiger charge is 1.98. The van der Waals surface area contributed by atoms with E-state index in [1.54, 1.807) is 7.11 Å². The maximum absolute atomic E-state index is 5.25. The molecule has 0 heterocycles. The Kier molecular flexibility index (Phi) is 4.75. The fourth-order valence-electron chi connectivity index (χ4n) is 1.36. The van der Waals surface area contributed by atoms with Crippen molar-refractivity contribution in [3.63, 3.8) is 0 Å². The van der Waals surface area contributed by atoms with E-state index in [4.69, 9.17) is 4.74 Å². The molecule has 0 atom stereocenters. The second-order valence-corrected chi connectivity index (χ2v) is 3.70. The Morgan fingerprint density at radius 1 is 1.33 bits per heavy atom. The molecule has 2 nitrogen and oxygen atoms in total. The van der Waals surface area contributed by atoms with Gasteiger partial charge < -0.3 is 10.1 Å². The molecule has 15 heavy (non-hydrogen) atoms. The smallest absolute Gasteiger partial charge is 0.141 e. The Morgan fingerprint density at radius 3 is 2.73 bits per heavy atom. The summed E-state index contributed by atoms with van der Waals surface area (Å²) in [6.45, 7) is 5.16. The second kappa shape index (κ2) is 6.12. The molecule has 0 radical (unpaired) electrons. The monoisotopic (exact) mass is 205 g/mol. The third-order valence-corrected chi connectivity index (χ3v) is 2.12. The quantitative estimate of drug-likeness (QED) is 0.587. The van der Waals surface area contributed by atoms with E-state index in [0.29, 0.717) is 0 Å². The maximum Gasteiger partial charge on any atom is 0.141 e. The molecule has 1 N–H and O–H groups in total. The van der Waals surface area contributed by atoms with Gasteiger partial charge in [0.05, 0.1) is 12.8 Å². The summed E-state index contributed by atoms with van der Waals surface area (Å²) >= 11 is 0. The number of benzene rings is 1. The fraction of sp³-hybridized carbons (Fsp3) is 0.385. The number of nitrogens with one attached hydrogen (secondary N) is 1. The molecule has 0 aliphatic heterocycles. The first-order chi connectivity index (χ1) is 7.24. The number of hydrogen-bond donors (Lipinski definition) is 1. The van der Waals surface area contributed by atoms with Gasteiger partial charge in [-0.15, -0.1) is 0 Å². The minimum Gasteiger partial charge on any atom is -0.495 e. The summed E-state index contributed by atoms with van der Waals surface area (Å²) in [7, 11) is 1.69. The molecule has 2 heteroatoms. The Labute approximate surface area is 92.0 Å². The van der Waals surface area contributed by atoms with E-state index < -0.39 is 0 Å². The van der Waals surface area contributed by atoms with Crippen molar-refractivity contribution in [3.8, 4) is 5.75 Å². The molecule has 0 aliphatic carbocycles. The third kappa shape index (κ3) is 4.07. The first kappa shape index (κ1) is 11.6. The number of para-hydroxylation sites is 2. The zero-order valence-corrected chi connectivity index (χ0v) is 9.71. The number of allylic oxidation sites excluding steroid dienone is 1. The number of rotatable bonds is 5. The van der Waals surface area contributed by atoms with Crippen molar-refractivity contribution in [2.75, 3.05) is 19.0 Å². The van der Waals surface area contributed by atoms with Crippen LogP contribution >= 0.6 is 0 Å². The minimum atomic E-state index is 0.898. The Balaban J connectivity index is 2.46. The summed E-state index contributed by atoms with van der Waals surface area (Å²) in [6.07, 6.45) is 3.27. The second-order valence-electron chi connectivity index (χ2n) is 3.70. The van der Waals surface area contributed by atoms with Crippen molar-refractivity contribution >= 4 is 5.69 Å². The van der Waals surface area contributed by atoms with Gasteiger partial charge in [0.1, 0.15) is 5.75 Å². The number of hydrogen-bond acceptors (Lipinski definition) is 2. The van der Waals surface area contributed by atoms with E-state index in [0.717, 1.165) is 24.4 Å². The van der Waals surface area contributed by atoms with Gasteiger partial charge in [0.15, 0.2) is 0 Å². The average Bonchev–Trinajstić information content (AvgIpc) is 2.24. The Bertz CT molecular complexity index is 327. The fourth-order valence-corrected chi connectivity index (χ4v) is 1.36. The zero-order valence-electron chi connectivity index (χ0n) is 9.71. The van der Waals surface area contributed by atoms with Gasteiger partial charge in [0, 0.05) is 6.54 Å². The van der Waals surface area contributed by atoms with Gasteiger partial charge >= 0.3 is 0 Å². The van der Waals surface area contributed by atoms with Crippen LogP contribution in [-0.2, 0) is 0 Å². The maximum atomic E-state index is 5.25. The molecule has 0 bridgehead atoms. The van der Waals surface area contributed by atoms with E-state index in [9.17, 15) is 0 Å². The van der Waals surface area contributed by atoms with Crippen LogP contribution in [0.1, 0.15) is 20.3 Å². The van der Waals surface area contributed by atoms with Crippen molar-refractivity contribution in [1.29, 1.82) is 0 Å². The molecule has 1 rings (SSSR count). The molecule has 0 aromatic heterocycles. The molecule has 0 saturated heterocycles. The average molecular weight is 205 g/mol. The first-order valence-corrected chi connectivity index (χ1v) is 5.24. The largest absolute Gasteiger partial charge is 0.495 e. The van der Waals surface area contributed by atoms with Gasteiger partial charge in [-0.05, 0) is 32.4 Å². The normalized spacial score (nSPS) is 9.53. The van der Waals surface area contributed by atoms with Gasteiger partial charge in [-0.25, -0.2) is 0 Å². The third-order valence-electron chi connectivity index (χ3n) is 2.12. The van der Waals surface area contributed by atoms with E-state index >= 15 is 0 Å². The SMILES string of the molecule is COc1ccccc1NCCC=C(C)C. The molecule has 0 amide bonds. The lowest BCUT2D eigenvalue weighted by molar-refractivity contribution is 0.416. The van der Waals surface area contributed by atoms with E-state index in [1.165, 1.54) is 5.57 Å². The standard InChI is InChI=1S/C13H19NO/c1-11(2)7-6-10-14-12-8-4-5-9-13(12)15-3/h4-5,7-9,14H,6,10H2,1-3H3. The number of ether oxygens (including phenoxy) is 1. The van der Waals surface area contributed by atoms with Gasteiger partial charge in [-0.3, -0.25) is 0 Å². The van der Waals surface area contributed by atoms with E-state index in [-0.39, 0.29) is 0 Å². The molecule has 0 fully saturated rings. The first-order valence-electron chi connectivity index (χ1n) is 5.24. The van der Waals surface area contributed by atoms with Crippen LogP contribution in [0.5, 0.6) is 5.75 Å². The van der Waals surface area contributed by atoms with Crippen LogP contribution in [0.3, 0.4) is 0 Å². The Morgan fingerprint density at radius 2 is 2.07 bits per heavy atom. The predicted molar refractivity (Wildman–Crippen MR) is 65.5 cm³/mol. The van der Waals surface area contributed by atoms with Crippen LogP contribution < -0.4 is 10.1 Å². The molecular formula is C13H19NO. The molecule has 0 aliphatic rings. The van der Waals surface area contributed by atoms with Crippen molar-refractivity contribution in [3.05, 3.63) is 35.9 Å². The van der Waals surface area contributed by atoms with E-state index in [1.807, 2.05) is 24.3 Å². The highest BCUT2D eigenvalue weighted by atomic mass is 16.5. The predicted octanol–water partition coefficient (Wildman–Crippen LogP) is 3.46. The summed E-state index contributed by atoms with van der Waals surface area (Å²) in [5, 5.41) is 3.35. The Hall–Kier alpha value is -1.44. The van der Waals surface area contributed by atoms with Crippen LogP contribution in [0, 0.1) is 0 Å². The van der Waals surface area contributed by atoms with Crippen LogP contribution in [0.4, 0.5) is 5.69 Å². The summed E-state index contributed by atoms with van der Waals surface area (Å²) < 4.78 is 5.25. The van der Waals surface area contributed by atoms with Crippen molar-refractivity contribution in [2.45, 2.75) is 20.3 Å². The van der Waals surface area contributed by atoms with Crippen molar-refractivity contribution in [2.24, 2.45) is 0 Å². The van der Waals surface area contributed by atoms with Gasteiger partial charge in [-0.2, -0.15) is 0 Å². The highest BCUT2D eigenvalue weighted by Crippen LogP contribution is 2.22. The van der Waals surface area contributed by atoms with Crippen LogP contribution in [0.25, 0.3) is 0 Å². The lowest BCUT2D eigenvalue weighted by Crippen LogP contribution is -2.01. The topological polar surface area (TPSA) is 21.3 Å². The summed E-state index contributed by atoms with van der Waals surface area (Å²) in [5.41, 5.74) is 2.42. The lowest BCUT2D eigenvalue weighted by atomic mass is 10.2. The lowest BCUT2D eigenvalue weighted by Gasteiger charge is -2.09. The molecular weight excluding hydrogens is 186 g/mol. The van der Waals surface area contributed by atoms with Crippen LogP contribution in [0.2, 0.25) is 0 Å². The van der Waals surface area contributed by atoms with Gasteiger partial charge in [0.25, 0.3) is 0 Å². The van der Waals surface area contributed by atoms with Crippen molar-refractivity contribution in [1.82, 2.24) is 0 Å². The van der Waals surface area contributed by atoms with Crippen LogP contribution in [-0.4, -0.2) is 13.7 Å².